The lowest BCUT2D eigenvalue weighted by Gasteiger charge is -2.14. The highest BCUT2D eigenvalue weighted by molar-refractivity contribution is 5.53. The molecule has 2 heterocycles. The molecule has 1 saturated carbocycles. The van der Waals surface area contributed by atoms with E-state index in [1.165, 1.54) is 18.6 Å². The van der Waals surface area contributed by atoms with E-state index in [0.717, 1.165) is 19.0 Å². The summed E-state index contributed by atoms with van der Waals surface area (Å²) < 4.78 is 38.7. The van der Waals surface area contributed by atoms with Gasteiger partial charge in [-0.25, -0.2) is 9.97 Å². The summed E-state index contributed by atoms with van der Waals surface area (Å²) >= 11 is 0. The monoisotopic (exact) mass is 296 g/mol. The summed E-state index contributed by atoms with van der Waals surface area (Å²) in [6.45, 7) is 0. The van der Waals surface area contributed by atoms with Gasteiger partial charge in [0.1, 0.15) is 11.4 Å². The molecule has 0 unspecified atom stereocenters. The minimum Gasteiger partial charge on any atom is -0.367 e. The van der Waals surface area contributed by atoms with E-state index in [-0.39, 0.29) is 17.8 Å². The van der Waals surface area contributed by atoms with Gasteiger partial charge in [-0.3, -0.25) is 4.98 Å². The number of hydrogen-bond acceptors (Lipinski definition) is 6. The molecule has 21 heavy (non-hydrogen) atoms. The Kier molecular flexibility index (Phi) is 3.32. The topological polar surface area (TPSA) is 75.6 Å². The molecule has 3 rings (SSSR count). The van der Waals surface area contributed by atoms with E-state index in [2.05, 4.69) is 30.6 Å². The van der Waals surface area contributed by atoms with Crippen LogP contribution in [0.2, 0.25) is 0 Å². The van der Waals surface area contributed by atoms with Gasteiger partial charge in [0.15, 0.2) is 5.82 Å². The predicted octanol–water partition coefficient (Wildman–Crippen LogP) is 2.60. The summed E-state index contributed by atoms with van der Waals surface area (Å²) in [6, 6.07) is 0.0466. The third-order valence-corrected chi connectivity index (χ3v) is 2.82. The molecule has 110 valence electrons. The lowest BCUT2D eigenvalue weighted by Crippen LogP contribution is -2.15. The third-order valence-electron chi connectivity index (χ3n) is 2.82. The molecule has 0 aromatic carbocycles. The number of halogens is 3. The van der Waals surface area contributed by atoms with Crippen molar-refractivity contribution in [1.82, 2.24) is 19.9 Å². The average molecular weight is 296 g/mol. The van der Waals surface area contributed by atoms with Crippen LogP contribution in [0.4, 0.5) is 30.8 Å². The summed E-state index contributed by atoms with van der Waals surface area (Å²) in [5.41, 5.74) is -0.876. The molecular weight excluding hydrogens is 285 g/mol. The van der Waals surface area contributed by atoms with Crippen molar-refractivity contribution < 1.29 is 13.2 Å². The maximum absolute atomic E-state index is 12.9. The first kappa shape index (κ1) is 13.5. The fourth-order valence-electron chi connectivity index (χ4n) is 1.66. The Balaban J connectivity index is 1.88. The van der Waals surface area contributed by atoms with Crippen LogP contribution in [0.25, 0.3) is 0 Å². The van der Waals surface area contributed by atoms with E-state index in [0.29, 0.717) is 5.82 Å². The minimum absolute atomic E-state index is 0.0339. The molecule has 2 aromatic rings. The molecule has 1 fully saturated rings. The highest BCUT2D eigenvalue weighted by atomic mass is 19.4. The number of aromatic nitrogens is 4. The number of rotatable bonds is 4. The molecule has 0 bridgehead atoms. The predicted molar refractivity (Wildman–Crippen MR) is 69.0 cm³/mol. The Morgan fingerprint density at radius 3 is 2.52 bits per heavy atom. The fourth-order valence-corrected chi connectivity index (χ4v) is 1.66. The Bertz CT molecular complexity index is 627. The largest absolute Gasteiger partial charge is 0.421 e. The standard InChI is InChI=1S/C12H11F3N6/c13-12(14,15)8-5-18-11(20-9-6-16-3-4-17-9)21-10(8)19-7-1-2-7/h3-7H,1-2H2,(H2,17,18,19,20,21). The summed E-state index contributed by atoms with van der Waals surface area (Å²) in [6.07, 6.45) is 2.31. The van der Waals surface area contributed by atoms with Crippen molar-refractivity contribution in [3.05, 3.63) is 30.4 Å². The molecule has 2 aromatic heterocycles. The van der Waals surface area contributed by atoms with Crippen molar-refractivity contribution in [1.29, 1.82) is 0 Å². The SMILES string of the molecule is FC(F)(F)c1cnc(Nc2cnccn2)nc1NC1CC1. The zero-order valence-electron chi connectivity index (χ0n) is 10.7. The van der Waals surface area contributed by atoms with Crippen LogP contribution < -0.4 is 10.6 Å². The van der Waals surface area contributed by atoms with Crippen molar-refractivity contribution in [2.24, 2.45) is 0 Å². The van der Waals surface area contributed by atoms with Gasteiger partial charge < -0.3 is 10.6 Å². The van der Waals surface area contributed by atoms with E-state index >= 15 is 0 Å². The van der Waals surface area contributed by atoms with E-state index in [4.69, 9.17) is 0 Å². The molecule has 2 N–H and O–H groups in total. The van der Waals surface area contributed by atoms with Gasteiger partial charge in [0, 0.05) is 24.6 Å². The number of anilines is 3. The first-order valence-electron chi connectivity index (χ1n) is 6.26. The van der Waals surface area contributed by atoms with Gasteiger partial charge in [-0.2, -0.15) is 18.2 Å². The van der Waals surface area contributed by atoms with Crippen LogP contribution in [-0.4, -0.2) is 26.0 Å². The lowest BCUT2D eigenvalue weighted by molar-refractivity contribution is -0.137. The Hall–Kier alpha value is -2.45. The fraction of sp³-hybridized carbons (Fsp3) is 0.333. The van der Waals surface area contributed by atoms with Crippen LogP contribution in [-0.2, 0) is 6.18 Å². The van der Waals surface area contributed by atoms with Crippen LogP contribution in [0.5, 0.6) is 0 Å². The Labute approximate surface area is 117 Å². The Morgan fingerprint density at radius 1 is 1.10 bits per heavy atom. The first-order valence-corrected chi connectivity index (χ1v) is 6.26. The summed E-state index contributed by atoms with van der Waals surface area (Å²) in [5, 5.41) is 5.48. The second-order valence-electron chi connectivity index (χ2n) is 4.59. The maximum Gasteiger partial charge on any atom is 0.421 e. The van der Waals surface area contributed by atoms with Gasteiger partial charge in [-0.15, -0.1) is 0 Å². The molecule has 1 aliphatic rings. The van der Waals surface area contributed by atoms with E-state index in [1.807, 2.05) is 0 Å². The van der Waals surface area contributed by atoms with Crippen molar-refractivity contribution >= 4 is 17.6 Å². The third kappa shape index (κ3) is 3.36. The second-order valence-corrected chi connectivity index (χ2v) is 4.59. The maximum atomic E-state index is 12.9. The summed E-state index contributed by atoms with van der Waals surface area (Å²) in [4.78, 5) is 15.4. The van der Waals surface area contributed by atoms with Gasteiger partial charge in [-0.05, 0) is 12.8 Å². The van der Waals surface area contributed by atoms with Gasteiger partial charge in [0.25, 0.3) is 0 Å². The van der Waals surface area contributed by atoms with Crippen LogP contribution >= 0.6 is 0 Å². The molecule has 6 nitrogen and oxygen atoms in total. The van der Waals surface area contributed by atoms with Crippen molar-refractivity contribution in [2.75, 3.05) is 10.6 Å². The minimum atomic E-state index is -4.50. The average Bonchev–Trinajstić information content (AvgIpc) is 3.23. The van der Waals surface area contributed by atoms with Crippen LogP contribution in [0.1, 0.15) is 18.4 Å². The number of nitrogens with zero attached hydrogens (tertiary/aromatic N) is 4. The molecule has 0 aliphatic heterocycles. The highest BCUT2D eigenvalue weighted by Crippen LogP contribution is 2.36. The van der Waals surface area contributed by atoms with Gasteiger partial charge in [0.2, 0.25) is 5.95 Å². The first-order chi connectivity index (χ1) is 10.0. The molecule has 0 radical (unpaired) electrons. The van der Waals surface area contributed by atoms with Gasteiger partial charge >= 0.3 is 6.18 Å². The molecule has 0 atom stereocenters. The number of nitrogens with one attached hydrogen (secondary N) is 2. The van der Waals surface area contributed by atoms with Crippen LogP contribution in [0, 0.1) is 0 Å². The quantitative estimate of drug-likeness (QED) is 0.903. The molecule has 0 saturated heterocycles. The molecule has 0 amide bonds. The number of alkyl halides is 3. The van der Waals surface area contributed by atoms with Crippen LogP contribution in [0.15, 0.2) is 24.8 Å². The zero-order valence-corrected chi connectivity index (χ0v) is 10.7. The molecule has 1 aliphatic carbocycles. The van der Waals surface area contributed by atoms with Crippen molar-refractivity contribution in [3.63, 3.8) is 0 Å². The molecule has 0 spiro atoms. The van der Waals surface area contributed by atoms with Gasteiger partial charge in [-0.1, -0.05) is 0 Å². The Morgan fingerprint density at radius 2 is 1.90 bits per heavy atom. The zero-order chi connectivity index (χ0) is 14.9. The van der Waals surface area contributed by atoms with Crippen molar-refractivity contribution in [3.8, 4) is 0 Å². The second kappa shape index (κ2) is 5.15. The highest BCUT2D eigenvalue weighted by Gasteiger charge is 2.36. The van der Waals surface area contributed by atoms with E-state index < -0.39 is 11.7 Å². The molecular formula is C12H11F3N6. The summed E-state index contributed by atoms with van der Waals surface area (Å²) in [5.74, 6) is 0.174. The smallest absolute Gasteiger partial charge is 0.367 e. The normalized spacial score (nSPS) is 14.8. The van der Waals surface area contributed by atoms with Gasteiger partial charge in [0.05, 0.1) is 6.20 Å². The van der Waals surface area contributed by atoms with Crippen molar-refractivity contribution in [2.45, 2.75) is 25.1 Å². The van der Waals surface area contributed by atoms with E-state index in [9.17, 15) is 13.2 Å². The molecule has 9 heteroatoms. The van der Waals surface area contributed by atoms with Crippen LogP contribution in [0.3, 0.4) is 0 Å². The lowest BCUT2D eigenvalue weighted by atomic mass is 10.3. The number of hydrogen-bond donors (Lipinski definition) is 2. The van der Waals surface area contributed by atoms with E-state index in [1.54, 1.807) is 0 Å². The summed E-state index contributed by atoms with van der Waals surface area (Å²) in [7, 11) is 0.